The lowest BCUT2D eigenvalue weighted by molar-refractivity contribution is -0.0514. The lowest BCUT2D eigenvalue weighted by Crippen LogP contribution is -2.23. The molecule has 16 heavy (non-hydrogen) atoms. The number of halogens is 3. The summed E-state index contributed by atoms with van der Waals surface area (Å²) in [6.07, 6.45) is 1.60. The van der Waals surface area contributed by atoms with Crippen LogP contribution < -0.4 is 0 Å². The fraction of sp³-hybridized carbons (Fsp3) is 0.111. The van der Waals surface area contributed by atoms with Crippen LogP contribution in [0.25, 0.3) is 6.08 Å². The van der Waals surface area contributed by atoms with Gasteiger partial charge >= 0.3 is 15.6 Å². The molecular formula is C9H7F3O3S. The van der Waals surface area contributed by atoms with Crippen LogP contribution in [0.15, 0.2) is 36.6 Å². The minimum Gasteiger partial charge on any atom is -0.384 e. The highest BCUT2D eigenvalue weighted by molar-refractivity contribution is 7.87. The standard InChI is InChI=1S/C9H7F3O3S/c10-9(11,12)16(13,14)15-7-6-8-4-2-1-3-5-8/h1-7H. The quantitative estimate of drug-likeness (QED) is 0.471. The van der Waals surface area contributed by atoms with E-state index in [0.717, 1.165) is 6.08 Å². The molecule has 88 valence electrons. The second-order valence-corrected chi connectivity index (χ2v) is 4.27. The molecule has 0 aliphatic rings. The topological polar surface area (TPSA) is 43.4 Å². The summed E-state index contributed by atoms with van der Waals surface area (Å²) in [5, 5.41) is 0. The number of hydrogen-bond acceptors (Lipinski definition) is 3. The lowest BCUT2D eigenvalue weighted by atomic mass is 10.2. The Hall–Kier alpha value is -1.50. The van der Waals surface area contributed by atoms with Gasteiger partial charge in [0.2, 0.25) is 0 Å². The first-order chi connectivity index (χ1) is 7.33. The highest BCUT2D eigenvalue weighted by atomic mass is 32.2. The van der Waals surface area contributed by atoms with Crippen molar-refractivity contribution in [3.05, 3.63) is 42.2 Å². The molecular weight excluding hydrogens is 245 g/mol. The van der Waals surface area contributed by atoms with E-state index in [2.05, 4.69) is 4.18 Å². The molecule has 0 saturated heterocycles. The Morgan fingerprint density at radius 2 is 1.69 bits per heavy atom. The molecule has 0 saturated carbocycles. The van der Waals surface area contributed by atoms with Crippen molar-refractivity contribution in [1.29, 1.82) is 0 Å². The van der Waals surface area contributed by atoms with Crippen LogP contribution in [0.5, 0.6) is 0 Å². The first-order valence-corrected chi connectivity index (χ1v) is 5.45. The zero-order valence-corrected chi connectivity index (χ0v) is 8.62. The van der Waals surface area contributed by atoms with Crippen molar-refractivity contribution < 1.29 is 25.8 Å². The van der Waals surface area contributed by atoms with Gasteiger partial charge in [-0.05, 0) is 11.6 Å². The molecule has 7 heteroatoms. The molecule has 0 spiro atoms. The number of alkyl halides is 3. The highest BCUT2D eigenvalue weighted by Gasteiger charge is 2.47. The average Bonchev–Trinajstić information content (AvgIpc) is 2.17. The lowest BCUT2D eigenvalue weighted by Gasteiger charge is -2.05. The van der Waals surface area contributed by atoms with Crippen LogP contribution in [-0.2, 0) is 14.3 Å². The Morgan fingerprint density at radius 1 is 1.12 bits per heavy atom. The molecule has 1 aromatic carbocycles. The molecule has 0 atom stereocenters. The molecule has 0 aliphatic heterocycles. The van der Waals surface area contributed by atoms with E-state index in [1.54, 1.807) is 30.3 Å². The molecule has 0 fully saturated rings. The maximum absolute atomic E-state index is 11.8. The zero-order chi connectivity index (χ0) is 12.2. The van der Waals surface area contributed by atoms with Crippen LogP contribution in [0.1, 0.15) is 5.56 Å². The van der Waals surface area contributed by atoms with E-state index in [9.17, 15) is 21.6 Å². The smallest absolute Gasteiger partial charge is 0.384 e. The Balaban J connectivity index is 2.70. The maximum Gasteiger partial charge on any atom is 0.534 e. The van der Waals surface area contributed by atoms with Gasteiger partial charge in [0.1, 0.15) is 6.26 Å². The van der Waals surface area contributed by atoms with E-state index in [1.807, 2.05) is 0 Å². The molecule has 0 heterocycles. The molecule has 0 aliphatic carbocycles. The first kappa shape index (κ1) is 12.6. The summed E-state index contributed by atoms with van der Waals surface area (Å²) in [4.78, 5) is 0. The Kier molecular flexibility index (Phi) is 3.58. The van der Waals surface area contributed by atoms with Gasteiger partial charge in [-0.25, -0.2) is 0 Å². The van der Waals surface area contributed by atoms with Crippen LogP contribution in [0, 0.1) is 0 Å². The van der Waals surface area contributed by atoms with Gasteiger partial charge in [-0.1, -0.05) is 30.3 Å². The number of benzene rings is 1. The van der Waals surface area contributed by atoms with Gasteiger partial charge in [0.05, 0.1) is 0 Å². The molecule has 1 aromatic rings. The van der Waals surface area contributed by atoms with Crippen molar-refractivity contribution >= 4 is 16.2 Å². The van der Waals surface area contributed by atoms with E-state index < -0.39 is 15.6 Å². The van der Waals surface area contributed by atoms with Crippen molar-refractivity contribution in [3.8, 4) is 0 Å². The first-order valence-electron chi connectivity index (χ1n) is 4.04. The second-order valence-electron chi connectivity index (χ2n) is 2.71. The summed E-state index contributed by atoms with van der Waals surface area (Å²) in [7, 11) is -5.55. The van der Waals surface area contributed by atoms with Gasteiger partial charge in [-0.2, -0.15) is 21.6 Å². The minimum atomic E-state index is -5.55. The zero-order valence-electron chi connectivity index (χ0n) is 7.81. The van der Waals surface area contributed by atoms with Crippen LogP contribution in [-0.4, -0.2) is 13.9 Å². The Morgan fingerprint density at radius 3 is 2.19 bits per heavy atom. The monoisotopic (exact) mass is 252 g/mol. The normalized spacial score (nSPS) is 12.9. The van der Waals surface area contributed by atoms with E-state index in [-0.39, 0.29) is 0 Å². The third kappa shape index (κ3) is 3.27. The van der Waals surface area contributed by atoms with Gasteiger partial charge in [0.25, 0.3) is 0 Å². The molecule has 0 unspecified atom stereocenters. The third-order valence-corrected chi connectivity index (χ3v) is 2.46. The van der Waals surface area contributed by atoms with E-state index in [4.69, 9.17) is 0 Å². The van der Waals surface area contributed by atoms with Gasteiger partial charge in [0.15, 0.2) is 0 Å². The third-order valence-electron chi connectivity index (χ3n) is 1.53. The second kappa shape index (κ2) is 4.56. The molecule has 0 N–H and O–H groups in total. The Labute approximate surface area is 90.3 Å². The fourth-order valence-corrected chi connectivity index (χ4v) is 1.11. The summed E-state index contributed by atoms with van der Waals surface area (Å²) < 4.78 is 60.0. The van der Waals surface area contributed by atoms with Gasteiger partial charge < -0.3 is 4.18 Å². The van der Waals surface area contributed by atoms with Crippen molar-refractivity contribution in [2.45, 2.75) is 5.51 Å². The average molecular weight is 252 g/mol. The van der Waals surface area contributed by atoms with Crippen molar-refractivity contribution in [1.82, 2.24) is 0 Å². The van der Waals surface area contributed by atoms with Gasteiger partial charge in [-0.3, -0.25) is 0 Å². The number of hydrogen-bond donors (Lipinski definition) is 0. The maximum atomic E-state index is 11.8. The van der Waals surface area contributed by atoms with Crippen molar-refractivity contribution in [2.75, 3.05) is 0 Å². The van der Waals surface area contributed by atoms with Gasteiger partial charge in [-0.15, -0.1) is 0 Å². The molecule has 3 nitrogen and oxygen atoms in total. The Bertz CT molecular complexity index is 463. The van der Waals surface area contributed by atoms with Crippen LogP contribution in [0.3, 0.4) is 0 Å². The minimum absolute atomic E-state index is 0.484. The van der Waals surface area contributed by atoms with E-state index >= 15 is 0 Å². The summed E-state index contributed by atoms with van der Waals surface area (Å²) in [6, 6.07) is 8.18. The van der Waals surface area contributed by atoms with Crippen LogP contribution in [0.2, 0.25) is 0 Å². The number of rotatable bonds is 3. The SMILES string of the molecule is O=S(=O)(OC=Cc1ccccc1)C(F)(F)F. The predicted octanol–water partition coefficient (Wildman–Crippen LogP) is 2.52. The fourth-order valence-electron chi connectivity index (χ4n) is 0.798. The molecule has 0 bridgehead atoms. The van der Waals surface area contributed by atoms with Crippen LogP contribution >= 0.6 is 0 Å². The summed E-state index contributed by atoms with van der Waals surface area (Å²) in [5.74, 6) is 0. The predicted molar refractivity (Wildman–Crippen MR) is 51.5 cm³/mol. The highest BCUT2D eigenvalue weighted by Crippen LogP contribution is 2.24. The summed E-state index contributed by atoms with van der Waals surface area (Å²) in [5.41, 5.74) is -4.88. The molecule has 0 amide bonds. The van der Waals surface area contributed by atoms with E-state index in [1.165, 1.54) is 0 Å². The molecule has 0 radical (unpaired) electrons. The molecule has 0 aromatic heterocycles. The largest absolute Gasteiger partial charge is 0.534 e. The van der Waals surface area contributed by atoms with Crippen LogP contribution in [0.4, 0.5) is 13.2 Å². The summed E-state index contributed by atoms with van der Waals surface area (Å²) >= 11 is 0. The van der Waals surface area contributed by atoms with Crippen molar-refractivity contribution in [2.24, 2.45) is 0 Å². The van der Waals surface area contributed by atoms with E-state index in [0.29, 0.717) is 11.8 Å². The van der Waals surface area contributed by atoms with Crippen molar-refractivity contribution in [3.63, 3.8) is 0 Å². The molecule has 1 rings (SSSR count). The summed E-state index contributed by atoms with van der Waals surface area (Å²) in [6.45, 7) is 0. The van der Waals surface area contributed by atoms with Gasteiger partial charge in [0, 0.05) is 0 Å².